The number of anilines is 3. The van der Waals surface area contributed by atoms with Gasteiger partial charge in [-0.25, -0.2) is 0 Å². The number of pyridine rings is 3. The molecule has 6 aliphatic rings. The van der Waals surface area contributed by atoms with Crippen molar-refractivity contribution < 1.29 is 14.2 Å². The van der Waals surface area contributed by atoms with E-state index in [-0.39, 0.29) is 16.7 Å². The number of nitrogens with zero attached hydrogens (tertiary/aromatic N) is 9. The van der Waals surface area contributed by atoms with Crippen molar-refractivity contribution in [3.8, 4) is 0 Å². The summed E-state index contributed by atoms with van der Waals surface area (Å²) in [7, 11) is 8.61. The number of likely N-dealkylation sites (N-methyl/N-ethyl adjacent to an activating group) is 2. The summed E-state index contributed by atoms with van der Waals surface area (Å²) in [6.07, 6.45) is 11.3. The van der Waals surface area contributed by atoms with Crippen LogP contribution in [0, 0.1) is 0 Å². The molecule has 63 heavy (non-hydrogen) atoms. The lowest BCUT2D eigenvalue weighted by Crippen LogP contribution is -2.59. The van der Waals surface area contributed by atoms with Crippen LogP contribution in [-0.4, -0.2) is 160 Å². The number of aromatic nitrogens is 3. The molecule has 8 heterocycles. The first-order valence-electron chi connectivity index (χ1n) is 24.2. The Morgan fingerprint density at radius 3 is 1.54 bits per heavy atom. The van der Waals surface area contributed by atoms with Crippen LogP contribution in [0.15, 0.2) is 48.8 Å². The van der Waals surface area contributed by atoms with E-state index < -0.39 is 0 Å². The van der Waals surface area contributed by atoms with Crippen LogP contribution in [0.2, 0.25) is 0 Å². The van der Waals surface area contributed by atoms with Gasteiger partial charge in [0, 0.05) is 82.5 Å². The molecular weight excluding hydrogens is 787 g/mol. The molecule has 3 spiro atoms. The van der Waals surface area contributed by atoms with E-state index in [1.165, 1.54) is 78.4 Å². The Hall–Kier alpha value is -3.39. The maximum Gasteiger partial charge on any atom is 0.0983 e. The number of rotatable bonds is 8. The van der Waals surface area contributed by atoms with Crippen LogP contribution < -0.4 is 14.7 Å². The molecule has 2 atom stereocenters. The van der Waals surface area contributed by atoms with Crippen LogP contribution in [0.1, 0.15) is 121 Å². The normalized spacial score (nSPS) is 25.2. The van der Waals surface area contributed by atoms with E-state index in [4.69, 9.17) is 19.2 Å². The van der Waals surface area contributed by atoms with Crippen LogP contribution >= 0.6 is 0 Å². The topological polar surface area (TPSA) is 85.8 Å². The summed E-state index contributed by atoms with van der Waals surface area (Å²) >= 11 is 0. The van der Waals surface area contributed by atoms with Crippen LogP contribution in [-0.2, 0) is 20.8 Å². The van der Waals surface area contributed by atoms with Crippen molar-refractivity contribution in [3.63, 3.8) is 0 Å². The smallest absolute Gasteiger partial charge is 0.0983 e. The molecule has 0 aromatic carbocycles. The van der Waals surface area contributed by atoms with Gasteiger partial charge < -0.3 is 43.6 Å². The van der Waals surface area contributed by atoms with E-state index in [1.807, 2.05) is 12.4 Å². The van der Waals surface area contributed by atoms with Crippen molar-refractivity contribution in [2.45, 2.75) is 121 Å². The largest absolute Gasteiger partial charge is 0.377 e. The van der Waals surface area contributed by atoms with Gasteiger partial charge in [-0.1, -0.05) is 41.5 Å². The molecule has 3 aromatic heterocycles. The number of hydrogen-bond acceptors (Lipinski definition) is 12. The van der Waals surface area contributed by atoms with Crippen LogP contribution in [0.4, 0.5) is 17.1 Å². The standard InChI is InChI=1S/3C17H27N3O/c1-13(2)14-5-6-16(15(18-14)11-19(3)4)20-9-10-21-12-17(20)7-8-17;2*1-14(2)16-6-5-15(11-18-16)20-8-4-7-17(13-20)12-19(3)9-10-21-17/h5-6,13H,7-12H2,1-4H3;2*5-6,11,14H,4,7-10,12-13H2,1-3H3/t;17-;/m.1./s1. The van der Waals surface area contributed by atoms with Crippen molar-refractivity contribution in [2.75, 3.05) is 128 Å². The van der Waals surface area contributed by atoms with E-state index in [0.717, 1.165) is 91.9 Å². The Morgan fingerprint density at radius 2 is 1.11 bits per heavy atom. The van der Waals surface area contributed by atoms with Gasteiger partial charge in [-0.3, -0.25) is 15.0 Å². The molecule has 5 saturated heterocycles. The van der Waals surface area contributed by atoms with E-state index in [1.54, 1.807) is 0 Å². The maximum absolute atomic E-state index is 6.19. The van der Waals surface area contributed by atoms with Crippen molar-refractivity contribution >= 4 is 17.1 Å². The Bertz CT molecular complexity index is 1790. The molecule has 1 aliphatic carbocycles. The zero-order chi connectivity index (χ0) is 44.8. The van der Waals surface area contributed by atoms with Crippen LogP contribution in [0.3, 0.4) is 0 Å². The highest BCUT2D eigenvalue weighted by Crippen LogP contribution is 2.46. The van der Waals surface area contributed by atoms with Crippen LogP contribution in [0.5, 0.6) is 0 Å². The molecule has 6 fully saturated rings. The molecule has 5 aliphatic heterocycles. The molecule has 1 unspecified atom stereocenters. The first-order chi connectivity index (χ1) is 30.2. The predicted molar refractivity (Wildman–Crippen MR) is 258 cm³/mol. The molecule has 12 heteroatoms. The SMILES string of the molecule is CC(C)c1ccc(N2CCCC3(CN(C)CCO3)C2)cn1.CC(C)c1ccc(N2CCC[C@@]3(CN(C)CCO3)C2)cn1.CC(C)c1ccc(N2CCOCC23CC3)c(CN(C)C)n1. The van der Waals surface area contributed by atoms with E-state index in [9.17, 15) is 0 Å². The highest BCUT2D eigenvalue weighted by atomic mass is 16.5. The average Bonchev–Trinajstić information content (AvgIpc) is 4.03. The zero-order valence-electron chi connectivity index (χ0n) is 40.7. The van der Waals surface area contributed by atoms with Gasteiger partial charge in [-0.15, -0.1) is 0 Å². The third-order valence-corrected chi connectivity index (χ3v) is 14.0. The summed E-state index contributed by atoms with van der Waals surface area (Å²) in [5.41, 5.74) is 8.80. The highest BCUT2D eigenvalue weighted by Gasteiger charge is 2.50. The lowest BCUT2D eigenvalue weighted by molar-refractivity contribution is -0.108. The third-order valence-electron chi connectivity index (χ3n) is 14.0. The summed E-state index contributed by atoms with van der Waals surface area (Å²) < 4.78 is 18.1. The average molecular weight is 868 g/mol. The molecule has 348 valence electrons. The minimum atomic E-state index is 0.0158. The summed E-state index contributed by atoms with van der Waals surface area (Å²) in [6, 6.07) is 13.2. The zero-order valence-corrected chi connectivity index (χ0v) is 40.7. The van der Waals surface area contributed by atoms with E-state index >= 15 is 0 Å². The third kappa shape index (κ3) is 12.1. The Kier molecular flexibility index (Phi) is 15.7. The molecule has 3 aromatic rings. The van der Waals surface area contributed by atoms with Crippen molar-refractivity contribution in [1.82, 2.24) is 29.7 Å². The van der Waals surface area contributed by atoms with Crippen molar-refractivity contribution in [1.29, 1.82) is 0 Å². The Labute approximate surface area is 380 Å². The molecule has 0 radical (unpaired) electrons. The monoisotopic (exact) mass is 868 g/mol. The quantitative estimate of drug-likeness (QED) is 0.223. The van der Waals surface area contributed by atoms with Gasteiger partial charge in [0.05, 0.1) is 78.3 Å². The molecular formula is C51H81N9O3. The van der Waals surface area contributed by atoms with Crippen LogP contribution in [0.25, 0.3) is 0 Å². The molecule has 12 nitrogen and oxygen atoms in total. The molecule has 0 bridgehead atoms. The van der Waals surface area contributed by atoms with Gasteiger partial charge in [0.1, 0.15) is 0 Å². The molecule has 0 amide bonds. The van der Waals surface area contributed by atoms with E-state index in [2.05, 4.69) is 145 Å². The van der Waals surface area contributed by atoms with Gasteiger partial charge >= 0.3 is 0 Å². The summed E-state index contributed by atoms with van der Waals surface area (Å²) in [5, 5.41) is 0. The van der Waals surface area contributed by atoms with Gasteiger partial charge in [-0.2, -0.15) is 0 Å². The van der Waals surface area contributed by atoms with Gasteiger partial charge in [0.25, 0.3) is 0 Å². The second kappa shape index (κ2) is 20.8. The second-order valence-corrected chi connectivity index (χ2v) is 20.8. The minimum absolute atomic E-state index is 0.0158. The second-order valence-electron chi connectivity index (χ2n) is 20.8. The van der Waals surface area contributed by atoms with Gasteiger partial charge in [-0.05, 0) is 121 Å². The number of hydrogen-bond donors (Lipinski definition) is 0. The van der Waals surface area contributed by atoms with Crippen molar-refractivity contribution in [2.24, 2.45) is 0 Å². The maximum atomic E-state index is 6.19. The molecule has 1 saturated carbocycles. The lowest BCUT2D eigenvalue weighted by Gasteiger charge is -2.48. The summed E-state index contributed by atoms with van der Waals surface area (Å²) in [4.78, 5) is 28.6. The number of piperidine rings is 2. The molecule has 0 N–H and O–H groups in total. The Morgan fingerprint density at radius 1 is 0.603 bits per heavy atom. The molecule has 9 rings (SSSR count). The lowest BCUT2D eigenvalue weighted by atomic mass is 9.90. The number of morpholine rings is 3. The fourth-order valence-electron chi connectivity index (χ4n) is 10.2. The first kappa shape index (κ1) is 47.6. The van der Waals surface area contributed by atoms with Crippen molar-refractivity contribution in [3.05, 3.63) is 71.6 Å². The van der Waals surface area contributed by atoms with Gasteiger partial charge in [0.2, 0.25) is 0 Å². The summed E-state index contributed by atoms with van der Waals surface area (Å²) in [5.74, 6) is 1.45. The Balaban J connectivity index is 0.000000142. The summed E-state index contributed by atoms with van der Waals surface area (Å²) in [6.45, 7) is 26.8. The minimum Gasteiger partial charge on any atom is -0.377 e. The predicted octanol–water partition coefficient (Wildman–Crippen LogP) is 7.65. The van der Waals surface area contributed by atoms with E-state index in [0.29, 0.717) is 17.8 Å². The first-order valence-corrected chi connectivity index (χ1v) is 24.2. The highest BCUT2D eigenvalue weighted by molar-refractivity contribution is 5.56. The van der Waals surface area contributed by atoms with Gasteiger partial charge in [0.15, 0.2) is 0 Å². The fourth-order valence-corrected chi connectivity index (χ4v) is 10.2. The fraction of sp³-hybridized carbons (Fsp3) is 0.706. The number of ether oxygens (including phenoxy) is 3.